The molecule has 1 aromatic carbocycles. The van der Waals surface area contributed by atoms with Gasteiger partial charge < -0.3 is 15.4 Å². The Hall–Kier alpha value is -1.30. The van der Waals surface area contributed by atoms with Crippen molar-refractivity contribution in [2.75, 3.05) is 45.7 Å². The molecule has 1 saturated heterocycles. The Labute approximate surface area is 138 Å². The molecule has 0 saturated carbocycles. The van der Waals surface area contributed by atoms with E-state index in [0.717, 1.165) is 31.1 Å². The Bertz CT molecular complexity index is 468. The number of rotatable bonds is 6. The number of halogens is 1. The van der Waals surface area contributed by atoms with Gasteiger partial charge in [0.15, 0.2) is 0 Å². The third-order valence-corrected chi connectivity index (χ3v) is 3.82. The summed E-state index contributed by atoms with van der Waals surface area (Å²) in [6.07, 6.45) is 2.41. The molecular weight excluding hydrogens is 302 g/mol. The lowest BCUT2D eigenvalue weighted by Crippen LogP contribution is -2.42. The largest absolute Gasteiger partial charge is 0.497 e. The fourth-order valence-electron chi connectivity index (χ4n) is 2.85. The van der Waals surface area contributed by atoms with Gasteiger partial charge in [-0.15, -0.1) is 12.4 Å². The lowest BCUT2D eigenvalue weighted by Gasteiger charge is -2.32. The number of nitrogens with zero attached hydrogens (tertiary/aromatic N) is 1. The minimum atomic E-state index is 0. The number of likely N-dealkylation sites (tertiary alicyclic amines) is 1. The van der Waals surface area contributed by atoms with Crippen molar-refractivity contribution < 1.29 is 9.53 Å². The molecule has 1 amide bonds. The second-order valence-corrected chi connectivity index (χ2v) is 5.58. The third kappa shape index (κ3) is 5.83. The van der Waals surface area contributed by atoms with E-state index in [1.165, 1.54) is 12.8 Å². The molecule has 22 heavy (non-hydrogen) atoms. The smallest absolute Gasteiger partial charge is 0.238 e. The maximum absolute atomic E-state index is 12.1. The van der Waals surface area contributed by atoms with Crippen LogP contribution in [0, 0.1) is 5.92 Å². The van der Waals surface area contributed by atoms with Gasteiger partial charge in [-0.05, 0) is 51.0 Å². The molecule has 1 fully saturated rings. The van der Waals surface area contributed by atoms with Crippen molar-refractivity contribution in [2.24, 2.45) is 5.92 Å². The highest BCUT2D eigenvalue weighted by atomic mass is 35.5. The van der Waals surface area contributed by atoms with Crippen molar-refractivity contribution in [3.8, 4) is 5.75 Å². The summed E-state index contributed by atoms with van der Waals surface area (Å²) in [7, 11) is 3.60. The van der Waals surface area contributed by atoms with Crippen LogP contribution in [0.2, 0.25) is 0 Å². The maximum atomic E-state index is 12.1. The fraction of sp³-hybridized carbons (Fsp3) is 0.562. The zero-order valence-electron chi connectivity index (χ0n) is 13.3. The molecule has 0 spiro atoms. The molecule has 6 heteroatoms. The Balaban J connectivity index is 0.00000242. The molecule has 0 radical (unpaired) electrons. The van der Waals surface area contributed by atoms with Gasteiger partial charge in [0, 0.05) is 18.3 Å². The van der Waals surface area contributed by atoms with Crippen LogP contribution in [0.3, 0.4) is 0 Å². The van der Waals surface area contributed by atoms with E-state index in [2.05, 4.69) is 15.5 Å². The number of methoxy groups -OCH3 is 1. The number of piperidine rings is 1. The Kier molecular flexibility index (Phi) is 8.24. The van der Waals surface area contributed by atoms with Gasteiger partial charge in [-0.3, -0.25) is 9.69 Å². The second-order valence-electron chi connectivity index (χ2n) is 5.58. The standard InChI is InChI=1S/C16H25N3O2.ClH/c1-17-10-13-5-4-8-19(11-13)12-16(20)18-14-6-3-7-15(9-14)21-2;/h3,6-7,9,13,17H,4-5,8,10-12H2,1-2H3,(H,18,20);1H. The number of anilines is 1. The minimum absolute atomic E-state index is 0. The van der Waals surface area contributed by atoms with Crippen LogP contribution in [-0.4, -0.2) is 51.1 Å². The van der Waals surface area contributed by atoms with Gasteiger partial charge >= 0.3 is 0 Å². The van der Waals surface area contributed by atoms with E-state index in [1.807, 2.05) is 31.3 Å². The average Bonchev–Trinajstić information content (AvgIpc) is 2.48. The maximum Gasteiger partial charge on any atom is 0.238 e. The Morgan fingerprint density at radius 1 is 1.45 bits per heavy atom. The molecule has 2 N–H and O–H groups in total. The first-order chi connectivity index (χ1) is 10.2. The normalized spacial score (nSPS) is 18.4. The number of benzene rings is 1. The molecule has 1 aromatic rings. The zero-order valence-corrected chi connectivity index (χ0v) is 14.1. The van der Waals surface area contributed by atoms with Crippen LogP contribution in [0.15, 0.2) is 24.3 Å². The van der Waals surface area contributed by atoms with E-state index in [1.54, 1.807) is 7.11 Å². The number of carbonyl (C=O) groups is 1. The fourth-order valence-corrected chi connectivity index (χ4v) is 2.85. The van der Waals surface area contributed by atoms with E-state index in [-0.39, 0.29) is 18.3 Å². The predicted octanol–water partition coefficient (Wildman–Crippen LogP) is 1.99. The molecule has 0 aliphatic carbocycles. The first-order valence-electron chi connectivity index (χ1n) is 7.52. The molecule has 124 valence electrons. The van der Waals surface area contributed by atoms with Crippen molar-refractivity contribution in [1.82, 2.24) is 10.2 Å². The monoisotopic (exact) mass is 327 g/mol. The van der Waals surface area contributed by atoms with E-state index in [4.69, 9.17) is 4.74 Å². The summed E-state index contributed by atoms with van der Waals surface area (Å²) in [5.74, 6) is 1.43. The van der Waals surface area contributed by atoms with Gasteiger partial charge in [-0.2, -0.15) is 0 Å². The van der Waals surface area contributed by atoms with Crippen LogP contribution in [-0.2, 0) is 4.79 Å². The summed E-state index contributed by atoms with van der Waals surface area (Å²) < 4.78 is 5.16. The highest BCUT2D eigenvalue weighted by molar-refractivity contribution is 5.92. The van der Waals surface area contributed by atoms with E-state index in [9.17, 15) is 4.79 Å². The van der Waals surface area contributed by atoms with Crippen LogP contribution in [0.1, 0.15) is 12.8 Å². The van der Waals surface area contributed by atoms with Gasteiger partial charge in [-0.1, -0.05) is 6.07 Å². The van der Waals surface area contributed by atoms with Crippen LogP contribution in [0.4, 0.5) is 5.69 Å². The van der Waals surface area contributed by atoms with Gasteiger partial charge in [0.25, 0.3) is 0 Å². The molecule has 0 bridgehead atoms. The summed E-state index contributed by atoms with van der Waals surface area (Å²) in [5, 5.41) is 6.16. The van der Waals surface area contributed by atoms with Crippen molar-refractivity contribution in [3.05, 3.63) is 24.3 Å². The first kappa shape index (κ1) is 18.7. The number of hydrogen-bond acceptors (Lipinski definition) is 4. The van der Waals surface area contributed by atoms with Crippen LogP contribution in [0.25, 0.3) is 0 Å². The second kappa shape index (κ2) is 9.66. The summed E-state index contributed by atoms with van der Waals surface area (Å²) >= 11 is 0. The van der Waals surface area contributed by atoms with Gasteiger partial charge in [0.1, 0.15) is 5.75 Å². The molecule has 0 aromatic heterocycles. The molecular formula is C16H26ClN3O2. The molecule has 1 unspecified atom stereocenters. The summed E-state index contributed by atoms with van der Waals surface area (Å²) in [6, 6.07) is 7.44. The van der Waals surface area contributed by atoms with E-state index >= 15 is 0 Å². The quantitative estimate of drug-likeness (QED) is 0.839. The lowest BCUT2D eigenvalue weighted by atomic mass is 9.98. The molecule has 5 nitrogen and oxygen atoms in total. The highest BCUT2D eigenvalue weighted by Crippen LogP contribution is 2.18. The first-order valence-corrected chi connectivity index (χ1v) is 7.52. The summed E-state index contributed by atoms with van der Waals surface area (Å²) in [5.41, 5.74) is 0.781. The van der Waals surface area contributed by atoms with E-state index in [0.29, 0.717) is 12.5 Å². The van der Waals surface area contributed by atoms with Crippen molar-refractivity contribution in [3.63, 3.8) is 0 Å². The van der Waals surface area contributed by atoms with Crippen LogP contribution in [0.5, 0.6) is 5.75 Å². The summed E-state index contributed by atoms with van der Waals surface area (Å²) in [4.78, 5) is 14.4. The molecule has 1 aliphatic heterocycles. The van der Waals surface area contributed by atoms with Gasteiger partial charge in [-0.25, -0.2) is 0 Å². The highest BCUT2D eigenvalue weighted by Gasteiger charge is 2.21. The van der Waals surface area contributed by atoms with Gasteiger partial charge in [0.2, 0.25) is 5.91 Å². The number of amides is 1. The molecule has 1 atom stereocenters. The van der Waals surface area contributed by atoms with Crippen LogP contribution >= 0.6 is 12.4 Å². The zero-order chi connectivity index (χ0) is 15.1. The molecule has 2 rings (SSSR count). The van der Waals surface area contributed by atoms with Gasteiger partial charge in [0.05, 0.1) is 13.7 Å². The summed E-state index contributed by atoms with van der Waals surface area (Å²) in [6.45, 7) is 3.48. The number of hydrogen-bond donors (Lipinski definition) is 2. The number of nitrogens with one attached hydrogen (secondary N) is 2. The SMILES string of the molecule is CNCC1CCCN(CC(=O)Nc2cccc(OC)c2)C1.Cl. The van der Waals surface area contributed by atoms with Crippen molar-refractivity contribution in [2.45, 2.75) is 12.8 Å². The van der Waals surface area contributed by atoms with E-state index < -0.39 is 0 Å². The van der Waals surface area contributed by atoms with Crippen molar-refractivity contribution >= 4 is 24.0 Å². The predicted molar refractivity (Wildman–Crippen MR) is 92.0 cm³/mol. The minimum Gasteiger partial charge on any atom is -0.497 e. The third-order valence-electron chi connectivity index (χ3n) is 3.82. The topological polar surface area (TPSA) is 53.6 Å². The number of ether oxygens (including phenoxy) is 1. The molecule has 1 heterocycles. The van der Waals surface area contributed by atoms with Crippen molar-refractivity contribution in [1.29, 1.82) is 0 Å². The van der Waals surface area contributed by atoms with Crippen LogP contribution < -0.4 is 15.4 Å². The molecule has 1 aliphatic rings. The lowest BCUT2D eigenvalue weighted by molar-refractivity contribution is -0.117. The average molecular weight is 328 g/mol. The number of carbonyl (C=O) groups excluding carboxylic acids is 1. The Morgan fingerprint density at radius 3 is 3.00 bits per heavy atom. The Morgan fingerprint density at radius 2 is 2.27 bits per heavy atom.